The Bertz CT molecular complexity index is 1810. The molecule has 1 atom stereocenters. The molecule has 43 heavy (non-hydrogen) atoms. The van der Waals surface area contributed by atoms with Gasteiger partial charge in [0.05, 0.1) is 35.8 Å². The third-order valence-electron chi connectivity index (χ3n) is 8.41. The first-order valence-electron chi connectivity index (χ1n) is 14.6. The number of aromatic nitrogens is 4. The van der Waals surface area contributed by atoms with Gasteiger partial charge < -0.3 is 23.6 Å². The van der Waals surface area contributed by atoms with E-state index in [2.05, 4.69) is 14.5 Å². The highest BCUT2D eigenvalue weighted by atomic mass is 19.1. The van der Waals surface area contributed by atoms with Crippen molar-refractivity contribution in [2.45, 2.75) is 57.9 Å². The van der Waals surface area contributed by atoms with E-state index in [-0.39, 0.29) is 30.0 Å². The maximum Gasteiger partial charge on any atom is 0.335 e. The number of nitrogens with zero attached hydrogens (tertiary/aromatic N) is 5. The number of aryl methyl sites for hydroxylation is 1. The lowest BCUT2D eigenvalue weighted by Gasteiger charge is -2.32. The van der Waals surface area contributed by atoms with E-state index in [0.717, 1.165) is 61.5 Å². The second-order valence-electron chi connectivity index (χ2n) is 11.3. The normalized spacial score (nSPS) is 17.9. The largest absolute Gasteiger partial charge is 0.478 e. The highest BCUT2D eigenvalue weighted by Crippen LogP contribution is 2.30. The van der Waals surface area contributed by atoms with Crippen molar-refractivity contribution in [2.24, 2.45) is 0 Å². The Morgan fingerprint density at radius 2 is 1.91 bits per heavy atom. The quantitative estimate of drug-likeness (QED) is 0.241. The first-order valence-corrected chi connectivity index (χ1v) is 14.6. The van der Waals surface area contributed by atoms with Crippen molar-refractivity contribution in [3.8, 4) is 5.88 Å². The Morgan fingerprint density at radius 1 is 1.07 bits per heavy atom. The molecule has 11 heteroatoms. The van der Waals surface area contributed by atoms with E-state index in [9.17, 15) is 14.3 Å². The number of aromatic carboxylic acids is 1. The number of benzene rings is 2. The molecule has 0 amide bonds. The van der Waals surface area contributed by atoms with E-state index in [0.29, 0.717) is 41.5 Å². The first kappa shape index (κ1) is 27.5. The lowest BCUT2D eigenvalue weighted by atomic mass is 9.93. The second kappa shape index (κ2) is 11.4. The number of carbonyl (C=O) groups is 1. The van der Waals surface area contributed by atoms with Crippen molar-refractivity contribution in [3.63, 3.8) is 0 Å². The van der Waals surface area contributed by atoms with Gasteiger partial charge in [-0.15, -0.1) is 0 Å². The SMILES string of the molecule is Cc1nc2cc(F)c(COc3cccc(C4CCN(Cc5nc6ccc(C(=O)O)cc6n5CC5CCO5)CC4)n3)cc2o1. The number of pyridine rings is 1. The molecule has 1 N–H and O–H groups in total. The van der Waals surface area contributed by atoms with Gasteiger partial charge in [0.1, 0.15) is 23.8 Å². The Morgan fingerprint density at radius 3 is 2.67 bits per heavy atom. The van der Waals surface area contributed by atoms with Gasteiger partial charge in [-0.3, -0.25) is 4.90 Å². The van der Waals surface area contributed by atoms with Crippen molar-refractivity contribution in [1.82, 2.24) is 24.4 Å². The van der Waals surface area contributed by atoms with Gasteiger partial charge >= 0.3 is 5.97 Å². The summed E-state index contributed by atoms with van der Waals surface area (Å²) >= 11 is 0. The predicted octanol–water partition coefficient (Wildman–Crippen LogP) is 5.47. The Kier molecular flexibility index (Phi) is 7.28. The molecule has 2 aliphatic heterocycles. The fourth-order valence-corrected chi connectivity index (χ4v) is 5.96. The maximum atomic E-state index is 14.6. The summed E-state index contributed by atoms with van der Waals surface area (Å²) in [4.78, 5) is 27.8. The lowest BCUT2D eigenvalue weighted by molar-refractivity contribution is -0.0592. The molecule has 0 radical (unpaired) electrons. The summed E-state index contributed by atoms with van der Waals surface area (Å²) in [5.41, 5.74) is 4.26. The number of likely N-dealkylation sites (tertiary alicyclic amines) is 1. The molecule has 2 aromatic carbocycles. The first-order chi connectivity index (χ1) is 20.9. The molecule has 5 aromatic rings. The van der Waals surface area contributed by atoms with Crippen LogP contribution in [0.25, 0.3) is 22.1 Å². The summed E-state index contributed by atoms with van der Waals surface area (Å²) in [5.74, 6) is 0.818. The smallest absolute Gasteiger partial charge is 0.335 e. The summed E-state index contributed by atoms with van der Waals surface area (Å²) in [6, 6.07) is 13.8. The van der Waals surface area contributed by atoms with Crippen LogP contribution in [0.4, 0.5) is 4.39 Å². The van der Waals surface area contributed by atoms with Crippen LogP contribution < -0.4 is 4.74 Å². The third-order valence-corrected chi connectivity index (χ3v) is 8.41. The maximum absolute atomic E-state index is 14.6. The number of carboxylic acid groups (broad SMARTS) is 1. The van der Waals surface area contributed by atoms with E-state index >= 15 is 0 Å². The van der Waals surface area contributed by atoms with Gasteiger partial charge in [-0.05, 0) is 62.7 Å². The highest BCUT2D eigenvalue weighted by molar-refractivity contribution is 5.92. The molecule has 2 fully saturated rings. The van der Waals surface area contributed by atoms with Gasteiger partial charge in [-0.25, -0.2) is 24.1 Å². The number of hydrogen-bond acceptors (Lipinski definition) is 8. The minimum absolute atomic E-state index is 0.0390. The number of piperidine rings is 1. The summed E-state index contributed by atoms with van der Waals surface area (Å²) < 4.78 is 33.8. The molecule has 2 aliphatic rings. The highest BCUT2D eigenvalue weighted by Gasteiger charge is 2.26. The van der Waals surface area contributed by atoms with Gasteiger partial charge in [-0.1, -0.05) is 6.07 Å². The van der Waals surface area contributed by atoms with Gasteiger partial charge in [0.2, 0.25) is 5.88 Å². The number of rotatable bonds is 9. The van der Waals surface area contributed by atoms with Crippen LogP contribution in [0, 0.1) is 12.7 Å². The van der Waals surface area contributed by atoms with Crippen LogP contribution in [0.2, 0.25) is 0 Å². The monoisotopic (exact) mass is 585 g/mol. The molecule has 0 spiro atoms. The number of ether oxygens (including phenoxy) is 2. The second-order valence-corrected chi connectivity index (χ2v) is 11.3. The molecule has 0 bridgehead atoms. The molecule has 222 valence electrons. The number of oxazole rings is 1. The molecule has 1 unspecified atom stereocenters. The lowest BCUT2D eigenvalue weighted by Crippen LogP contribution is -2.35. The van der Waals surface area contributed by atoms with Crippen LogP contribution >= 0.6 is 0 Å². The number of hydrogen-bond donors (Lipinski definition) is 1. The van der Waals surface area contributed by atoms with Crippen molar-refractivity contribution in [3.05, 3.63) is 82.9 Å². The van der Waals surface area contributed by atoms with E-state index < -0.39 is 5.97 Å². The van der Waals surface area contributed by atoms with Crippen molar-refractivity contribution in [2.75, 3.05) is 19.7 Å². The number of halogens is 1. The molecular weight excluding hydrogens is 553 g/mol. The van der Waals surface area contributed by atoms with E-state index in [1.165, 1.54) is 6.07 Å². The molecule has 10 nitrogen and oxygen atoms in total. The zero-order chi connectivity index (χ0) is 29.5. The molecular formula is C32H32FN5O5. The number of carboxylic acids is 1. The van der Waals surface area contributed by atoms with Crippen LogP contribution in [0.3, 0.4) is 0 Å². The Hall–Kier alpha value is -4.35. The van der Waals surface area contributed by atoms with Gasteiger partial charge in [-0.2, -0.15) is 0 Å². The summed E-state index contributed by atoms with van der Waals surface area (Å²) in [6.07, 6.45) is 2.98. The Labute approximate surface area is 247 Å². The standard InChI is InChI=1S/C32H32FN5O5/c1-19-34-27-15-24(33)22(14-29(27)43-19)18-42-31-4-2-3-25(36-31)20-7-10-37(11-8-20)17-30-35-26-6-5-21(32(39)40)13-28(26)38(30)16-23-9-12-41-23/h2-6,13-15,20,23H,7-12,16-18H2,1H3,(H,39,40). The van der Waals surface area contributed by atoms with Gasteiger partial charge in [0, 0.05) is 42.8 Å². The zero-order valence-electron chi connectivity index (χ0n) is 23.8. The zero-order valence-corrected chi connectivity index (χ0v) is 23.8. The number of fused-ring (bicyclic) bond motifs is 2. The average molecular weight is 586 g/mol. The van der Waals surface area contributed by atoms with Crippen molar-refractivity contribution in [1.29, 1.82) is 0 Å². The minimum atomic E-state index is -0.948. The molecule has 5 heterocycles. The van der Waals surface area contributed by atoms with E-state index in [1.54, 1.807) is 37.3 Å². The van der Waals surface area contributed by atoms with Crippen molar-refractivity contribution < 1.29 is 28.2 Å². The fraction of sp³-hybridized carbons (Fsp3) is 0.375. The third kappa shape index (κ3) is 5.70. The van der Waals surface area contributed by atoms with Crippen LogP contribution in [-0.4, -0.2) is 61.3 Å². The van der Waals surface area contributed by atoms with E-state index in [4.69, 9.17) is 23.9 Å². The van der Waals surface area contributed by atoms with Crippen molar-refractivity contribution >= 4 is 28.1 Å². The van der Waals surface area contributed by atoms with Gasteiger partial charge in [0.15, 0.2) is 11.5 Å². The molecule has 7 rings (SSSR count). The molecule has 2 saturated heterocycles. The minimum Gasteiger partial charge on any atom is -0.478 e. The van der Waals surface area contributed by atoms with Gasteiger partial charge in [0.25, 0.3) is 0 Å². The summed E-state index contributed by atoms with van der Waals surface area (Å²) in [7, 11) is 0. The van der Waals surface area contributed by atoms with Crippen LogP contribution in [-0.2, 0) is 24.4 Å². The van der Waals surface area contributed by atoms with Crippen LogP contribution in [0.15, 0.2) is 52.9 Å². The fourth-order valence-electron chi connectivity index (χ4n) is 5.96. The summed E-state index contributed by atoms with van der Waals surface area (Å²) in [6.45, 7) is 5.62. The molecule has 0 aliphatic carbocycles. The average Bonchev–Trinajstić information content (AvgIpc) is 3.51. The molecule has 0 saturated carbocycles. The molecule has 3 aromatic heterocycles. The predicted molar refractivity (Wildman–Crippen MR) is 156 cm³/mol. The van der Waals surface area contributed by atoms with Crippen LogP contribution in [0.5, 0.6) is 5.88 Å². The summed E-state index contributed by atoms with van der Waals surface area (Å²) in [5, 5.41) is 9.51. The van der Waals surface area contributed by atoms with Crippen LogP contribution in [0.1, 0.15) is 58.5 Å². The van der Waals surface area contributed by atoms with E-state index in [1.807, 2.05) is 12.1 Å². The number of imidazole rings is 1. The topological polar surface area (TPSA) is 116 Å². The Balaban J connectivity index is 1.01.